The van der Waals surface area contributed by atoms with E-state index in [4.69, 9.17) is 0 Å². The molecule has 0 radical (unpaired) electrons. The van der Waals surface area contributed by atoms with Crippen molar-refractivity contribution in [2.24, 2.45) is 17.8 Å². The highest BCUT2D eigenvalue weighted by Crippen LogP contribution is 2.60. The van der Waals surface area contributed by atoms with Crippen LogP contribution >= 0.6 is 0 Å². The van der Waals surface area contributed by atoms with Gasteiger partial charge in [0.1, 0.15) is 12.2 Å². The lowest BCUT2D eigenvalue weighted by molar-refractivity contribution is -0.127. The molecule has 42 heavy (non-hydrogen) atoms. The number of anilines is 1. The van der Waals surface area contributed by atoms with Gasteiger partial charge in [0.2, 0.25) is 5.91 Å². The van der Waals surface area contributed by atoms with Crippen LogP contribution in [0.1, 0.15) is 66.6 Å². The van der Waals surface area contributed by atoms with Crippen LogP contribution in [0.3, 0.4) is 0 Å². The fourth-order valence-electron chi connectivity index (χ4n) is 8.61. The number of aryl methyl sites for hydroxylation is 2. The topological polar surface area (TPSA) is 83.4 Å². The van der Waals surface area contributed by atoms with E-state index in [0.717, 1.165) is 50.9 Å². The van der Waals surface area contributed by atoms with Crippen LogP contribution in [0, 0.1) is 38.5 Å². The Kier molecular flexibility index (Phi) is 6.37. The highest BCUT2D eigenvalue weighted by Gasteiger charge is 2.51. The molecule has 7 heteroatoms. The Labute approximate surface area is 247 Å². The molecule has 3 aromatic rings. The highest BCUT2D eigenvalue weighted by molar-refractivity contribution is 6.16. The molecule has 216 valence electrons. The van der Waals surface area contributed by atoms with Crippen LogP contribution in [0.15, 0.2) is 60.3 Å². The summed E-state index contributed by atoms with van der Waals surface area (Å²) in [5.74, 6) is 1.80. The fraction of sp³-hybridized carbons (Fsp3) is 0.400. The summed E-state index contributed by atoms with van der Waals surface area (Å²) in [5, 5.41) is 5.40. The van der Waals surface area contributed by atoms with Crippen molar-refractivity contribution < 1.29 is 14.4 Å². The molecular weight excluding hydrogens is 524 g/mol. The molecule has 2 aromatic carbocycles. The summed E-state index contributed by atoms with van der Waals surface area (Å²) >= 11 is 0. The molecule has 1 aliphatic heterocycles. The van der Waals surface area contributed by atoms with Crippen molar-refractivity contribution >= 4 is 29.6 Å². The number of carbonyl (C=O) groups is 3. The van der Waals surface area contributed by atoms with E-state index in [-0.39, 0.29) is 12.2 Å². The normalized spacial score (nSPS) is 27.2. The largest absolute Gasteiger partial charge is 0.329 e. The first kappa shape index (κ1) is 26.7. The maximum Gasteiger partial charge on any atom is 0.329 e. The molecule has 4 saturated carbocycles. The fourth-order valence-corrected chi connectivity index (χ4v) is 8.61. The van der Waals surface area contributed by atoms with Gasteiger partial charge in [0.05, 0.1) is 0 Å². The highest BCUT2D eigenvalue weighted by atomic mass is 16.2. The molecule has 7 nitrogen and oxygen atoms in total. The second kappa shape index (κ2) is 10.0. The van der Waals surface area contributed by atoms with Crippen LogP contribution in [-0.2, 0) is 15.0 Å². The van der Waals surface area contributed by atoms with E-state index >= 15 is 0 Å². The third kappa shape index (κ3) is 4.65. The van der Waals surface area contributed by atoms with Gasteiger partial charge in [0, 0.05) is 22.8 Å². The third-order valence-electron chi connectivity index (χ3n) is 10.1. The molecule has 4 bridgehead atoms. The lowest BCUT2D eigenvalue weighted by atomic mass is 9.48. The molecule has 0 spiro atoms. The standard InChI is InChI=1S/C35H38N4O3/c1-21-4-8-29(9-5-21)36-32(40)20-38-33(41)31(37-34(38)42)16-27-12-22(2)39(23(27)3)30-10-6-28(7-11-30)35-17-24-13-25(18-35)15-26(14-24)19-35/h4-12,16,24-26H,13-15,17-20H2,1-3H3,(H,36,40)(H,37,42)/b31-16+. The number of carbonyl (C=O) groups excluding carboxylic acids is 3. The molecule has 5 aliphatic rings. The van der Waals surface area contributed by atoms with Crippen molar-refractivity contribution in [2.45, 2.75) is 64.7 Å². The number of aromatic nitrogens is 1. The average molecular weight is 563 g/mol. The molecule has 2 N–H and O–H groups in total. The lowest BCUT2D eigenvalue weighted by Gasteiger charge is -2.57. The molecule has 1 aromatic heterocycles. The van der Waals surface area contributed by atoms with Crippen LogP contribution in [0.5, 0.6) is 0 Å². The van der Waals surface area contributed by atoms with Gasteiger partial charge in [-0.25, -0.2) is 9.69 Å². The van der Waals surface area contributed by atoms with Crippen LogP contribution in [0.25, 0.3) is 11.8 Å². The maximum atomic E-state index is 13.1. The first-order valence-electron chi connectivity index (χ1n) is 15.2. The lowest BCUT2D eigenvalue weighted by Crippen LogP contribution is -2.48. The van der Waals surface area contributed by atoms with Gasteiger partial charge < -0.3 is 15.2 Å². The minimum Gasteiger partial charge on any atom is -0.325 e. The summed E-state index contributed by atoms with van der Waals surface area (Å²) in [5.41, 5.74) is 7.71. The van der Waals surface area contributed by atoms with Crippen LogP contribution in [0.2, 0.25) is 0 Å². The number of urea groups is 1. The van der Waals surface area contributed by atoms with Crippen molar-refractivity contribution in [1.29, 1.82) is 0 Å². The van der Waals surface area contributed by atoms with E-state index in [1.165, 1.54) is 44.1 Å². The molecular formula is C35H38N4O3. The summed E-state index contributed by atoms with van der Waals surface area (Å²) in [6.07, 6.45) is 10.1. The van der Waals surface area contributed by atoms with E-state index in [1.54, 1.807) is 18.2 Å². The Morgan fingerprint density at radius 3 is 2.17 bits per heavy atom. The summed E-state index contributed by atoms with van der Waals surface area (Å²) in [6.45, 7) is 5.69. The zero-order chi connectivity index (χ0) is 29.2. The zero-order valence-corrected chi connectivity index (χ0v) is 24.6. The Balaban J connectivity index is 1.08. The van der Waals surface area contributed by atoms with Gasteiger partial charge in [-0.2, -0.15) is 0 Å². The summed E-state index contributed by atoms with van der Waals surface area (Å²) in [4.78, 5) is 39.2. The first-order valence-corrected chi connectivity index (χ1v) is 15.2. The predicted molar refractivity (Wildman–Crippen MR) is 163 cm³/mol. The van der Waals surface area contributed by atoms with Gasteiger partial charge in [0.25, 0.3) is 5.91 Å². The molecule has 8 rings (SSSR count). The first-order chi connectivity index (χ1) is 20.2. The predicted octanol–water partition coefficient (Wildman–Crippen LogP) is 6.40. The number of nitrogens with one attached hydrogen (secondary N) is 2. The van der Waals surface area contributed by atoms with Gasteiger partial charge >= 0.3 is 6.03 Å². The van der Waals surface area contributed by atoms with Crippen molar-refractivity contribution in [1.82, 2.24) is 14.8 Å². The molecule has 4 amide bonds. The number of amides is 4. The molecule has 5 fully saturated rings. The Morgan fingerprint density at radius 2 is 1.55 bits per heavy atom. The minimum absolute atomic E-state index is 0.167. The number of hydrogen-bond donors (Lipinski definition) is 2. The number of hydrogen-bond acceptors (Lipinski definition) is 3. The van der Waals surface area contributed by atoms with Gasteiger partial charge in [-0.3, -0.25) is 9.59 Å². The SMILES string of the molecule is Cc1ccc(NC(=O)CN2C(=O)N/C(=C/c3cc(C)n(-c4ccc(C56CC7CC(CC(C7)C5)C6)cc4)c3C)C2=O)cc1. The van der Waals surface area contributed by atoms with Crippen molar-refractivity contribution in [2.75, 3.05) is 11.9 Å². The van der Waals surface area contributed by atoms with Crippen molar-refractivity contribution in [3.63, 3.8) is 0 Å². The summed E-state index contributed by atoms with van der Waals surface area (Å²) < 4.78 is 2.20. The zero-order valence-electron chi connectivity index (χ0n) is 24.6. The smallest absolute Gasteiger partial charge is 0.325 e. The van der Waals surface area contributed by atoms with Crippen LogP contribution in [0.4, 0.5) is 10.5 Å². The second-order valence-corrected chi connectivity index (χ2v) is 13.2. The minimum atomic E-state index is -0.598. The van der Waals surface area contributed by atoms with Crippen molar-refractivity contribution in [3.05, 3.63) is 88.4 Å². The van der Waals surface area contributed by atoms with E-state index in [1.807, 2.05) is 32.0 Å². The Bertz CT molecular complexity index is 1580. The Hall–Kier alpha value is -4.13. The van der Waals surface area contributed by atoms with E-state index in [0.29, 0.717) is 11.1 Å². The van der Waals surface area contributed by atoms with E-state index in [9.17, 15) is 14.4 Å². The van der Waals surface area contributed by atoms with Crippen LogP contribution < -0.4 is 10.6 Å². The van der Waals surface area contributed by atoms with Gasteiger partial charge in [-0.15, -0.1) is 0 Å². The quantitative estimate of drug-likeness (QED) is 0.269. The van der Waals surface area contributed by atoms with Gasteiger partial charge in [-0.1, -0.05) is 29.8 Å². The average Bonchev–Trinajstić information content (AvgIpc) is 3.37. The number of nitrogens with zero attached hydrogens (tertiary/aromatic N) is 2. The second-order valence-electron chi connectivity index (χ2n) is 13.2. The summed E-state index contributed by atoms with van der Waals surface area (Å²) in [6, 6.07) is 18.0. The number of imide groups is 1. The van der Waals surface area contributed by atoms with Gasteiger partial charge in [0.15, 0.2) is 0 Å². The number of benzene rings is 2. The molecule has 0 unspecified atom stereocenters. The molecule has 2 heterocycles. The maximum absolute atomic E-state index is 13.1. The molecule has 4 aliphatic carbocycles. The van der Waals surface area contributed by atoms with E-state index < -0.39 is 17.8 Å². The van der Waals surface area contributed by atoms with Gasteiger partial charge in [-0.05, 0) is 130 Å². The number of rotatable bonds is 6. The Morgan fingerprint density at radius 1 is 0.929 bits per heavy atom. The monoisotopic (exact) mass is 562 g/mol. The molecule has 0 atom stereocenters. The van der Waals surface area contributed by atoms with E-state index in [2.05, 4.69) is 46.4 Å². The van der Waals surface area contributed by atoms with Crippen LogP contribution in [-0.4, -0.2) is 33.9 Å². The van der Waals surface area contributed by atoms with Crippen molar-refractivity contribution in [3.8, 4) is 5.69 Å². The molecule has 1 saturated heterocycles. The summed E-state index contributed by atoms with van der Waals surface area (Å²) in [7, 11) is 0. The third-order valence-corrected chi connectivity index (χ3v) is 10.1.